The Morgan fingerprint density at radius 2 is 1.79 bits per heavy atom. The van der Waals surface area contributed by atoms with E-state index in [2.05, 4.69) is 26.1 Å². The molecule has 0 aromatic rings. The van der Waals surface area contributed by atoms with E-state index >= 15 is 0 Å². The van der Waals surface area contributed by atoms with Crippen LogP contribution in [0.2, 0.25) is 0 Å². The minimum atomic E-state index is -2.76. The highest BCUT2D eigenvalue weighted by molar-refractivity contribution is 7.91. The van der Waals surface area contributed by atoms with E-state index in [1.807, 2.05) is 7.05 Å². The number of hydrogen-bond acceptors (Lipinski definition) is 3. The fraction of sp³-hybridized carbons (Fsp3) is 1.00. The average Bonchev–Trinajstić information content (AvgIpc) is 2.67. The van der Waals surface area contributed by atoms with Gasteiger partial charge < -0.3 is 5.32 Å². The van der Waals surface area contributed by atoms with Gasteiger partial charge in [0.25, 0.3) is 0 Å². The Kier molecular flexibility index (Phi) is 4.32. The molecule has 1 saturated heterocycles. The van der Waals surface area contributed by atoms with Crippen molar-refractivity contribution in [3.05, 3.63) is 0 Å². The third-order valence-electron chi connectivity index (χ3n) is 5.37. The van der Waals surface area contributed by atoms with E-state index in [1.54, 1.807) is 0 Å². The van der Waals surface area contributed by atoms with Crippen molar-refractivity contribution in [2.45, 2.75) is 52.5 Å². The summed E-state index contributed by atoms with van der Waals surface area (Å²) in [6, 6.07) is 0.511. The maximum atomic E-state index is 11.7. The third-order valence-corrected chi connectivity index (χ3v) is 7.16. The lowest BCUT2D eigenvalue weighted by molar-refractivity contribution is 0.0906. The molecule has 2 aliphatic rings. The molecular formula is C15H29NO2S. The average molecular weight is 287 g/mol. The first-order valence-electron chi connectivity index (χ1n) is 7.60. The van der Waals surface area contributed by atoms with Gasteiger partial charge in [0.05, 0.1) is 11.5 Å². The summed E-state index contributed by atoms with van der Waals surface area (Å²) in [5, 5.41) is 3.44. The first-order valence-corrected chi connectivity index (χ1v) is 9.43. The van der Waals surface area contributed by atoms with Crippen molar-refractivity contribution in [2.24, 2.45) is 23.2 Å². The van der Waals surface area contributed by atoms with Crippen LogP contribution >= 0.6 is 0 Å². The van der Waals surface area contributed by atoms with Crippen molar-refractivity contribution >= 4 is 9.84 Å². The summed E-state index contributed by atoms with van der Waals surface area (Å²) in [6.07, 6.45) is 4.53. The first kappa shape index (κ1) is 15.3. The topological polar surface area (TPSA) is 46.2 Å². The van der Waals surface area contributed by atoms with Gasteiger partial charge in [-0.15, -0.1) is 0 Å². The molecule has 1 aliphatic carbocycles. The largest absolute Gasteiger partial charge is 0.317 e. The molecule has 112 valence electrons. The van der Waals surface area contributed by atoms with E-state index in [4.69, 9.17) is 0 Å². The molecule has 0 aromatic heterocycles. The highest BCUT2D eigenvalue weighted by atomic mass is 32.2. The molecule has 0 amide bonds. The van der Waals surface area contributed by atoms with E-state index < -0.39 is 9.84 Å². The summed E-state index contributed by atoms with van der Waals surface area (Å²) in [4.78, 5) is 0. The van der Waals surface area contributed by atoms with Crippen LogP contribution in [0.3, 0.4) is 0 Å². The molecule has 0 radical (unpaired) electrons. The van der Waals surface area contributed by atoms with Gasteiger partial charge in [0.1, 0.15) is 0 Å². The summed E-state index contributed by atoms with van der Waals surface area (Å²) in [6.45, 7) is 6.96. The molecule has 4 unspecified atom stereocenters. The molecule has 1 heterocycles. The standard InChI is InChI=1S/C15H29NO2S/c1-15(2,3)12-5-6-14(16-4)13(9-12)11-7-8-19(17,18)10-11/h11-14,16H,5-10H2,1-4H3. The number of nitrogens with one attached hydrogen (secondary N) is 1. The molecule has 4 atom stereocenters. The Hall–Kier alpha value is -0.0900. The Morgan fingerprint density at radius 1 is 1.11 bits per heavy atom. The van der Waals surface area contributed by atoms with Gasteiger partial charge in [-0.1, -0.05) is 20.8 Å². The van der Waals surface area contributed by atoms with Crippen LogP contribution in [0, 0.1) is 23.2 Å². The van der Waals surface area contributed by atoms with Gasteiger partial charge in [0, 0.05) is 6.04 Å². The second-order valence-electron chi connectivity index (χ2n) is 7.60. The zero-order chi connectivity index (χ0) is 14.3. The van der Waals surface area contributed by atoms with Gasteiger partial charge in [-0.05, 0) is 55.9 Å². The highest BCUT2D eigenvalue weighted by Crippen LogP contribution is 2.44. The first-order chi connectivity index (χ1) is 8.73. The lowest BCUT2D eigenvalue weighted by Gasteiger charge is -2.44. The number of sulfone groups is 1. The quantitative estimate of drug-likeness (QED) is 0.848. The van der Waals surface area contributed by atoms with Crippen LogP contribution in [-0.4, -0.2) is 33.0 Å². The predicted molar refractivity (Wildman–Crippen MR) is 79.9 cm³/mol. The third kappa shape index (κ3) is 3.52. The molecule has 1 saturated carbocycles. The molecule has 2 fully saturated rings. The van der Waals surface area contributed by atoms with Crippen molar-refractivity contribution in [3.63, 3.8) is 0 Å². The highest BCUT2D eigenvalue weighted by Gasteiger charge is 2.42. The lowest BCUT2D eigenvalue weighted by atomic mass is 9.64. The minimum absolute atomic E-state index is 0.342. The van der Waals surface area contributed by atoms with Crippen LogP contribution < -0.4 is 5.32 Å². The van der Waals surface area contributed by atoms with Gasteiger partial charge in [0.2, 0.25) is 0 Å². The molecule has 3 nitrogen and oxygen atoms in total. The maximum absolute atomic E-state index is 11.7. The predicted octanol–water partition coefficient (Wildman–Crippen LogP) is 2.47. The zero-order valence-corrected chi connectivity index (χ0v) is 13.6. The van der Waals surface area contributed by atoms with Crippen molar-refractivity contribution < 1.29 is 8.42 Å². The van der Waals surface area contributed by atoms with Crippen LogP contribution in [0.4, 0.5) is 0 Å². The van der Waals surface area contributed by atoms with Crippen LogP contribution in [0.1, 0.15) is 46.5 Å². The Balaban J connectivity index is 2.11. The van der Waals surface area contributed by atoms with E-state index in [0.717, 1.165) is 12.3 Å². The zero-order valence-electron chi connectivity index (χ0n) is 12.8. The molecule has 0 spiro atoms. The van der Waals surface area contributed by atoms with E-state index in [9.17, 15) is 8.42 Å². The fourth-order valence-electron chi connectivity index (χ4n) is 4.03. The van der Waals surface area contributed by atoms with Crippen molar-refractivity contribution in [3.8, 4) is 0 Å². The van der Waals surface area contributed by atoms with Crippen molar-refractivity contribution in [1.82, 2.24) is 5.32 Å². The van der Waals surface area contributed by atoms with E-state index in [1.165, 1.54) is 19.3 Å². The molecule has 1 aliphatic heterocycles. The minimum Gasteiger partial charge on any atom is -0.317 e. The van der Waals surface area contributed by atoms with Gasteiger partial charge in [0.15, 0.2) is 9.84 Å². The maximum Gasteiger partial charge on any atom is 0.150 e. The molecule has 0 aromatic carbocycles. The summed E-state index contributed by atoms with van der Waals surface area (Å²) in [5.41, 5.74) is 0.342. The van der Waals surface area contributed by atoms with Crippen LogP contribution in [-0.2, 0) is 9.84 Å². The van der Waals surface area contributed by atoms with E-state index in [-0.39, 0.29) is 0 Å². The number of rotatable bonds is 2. The Morgan fingerprint density at radius 3 is 2.26 bits per heavy atom. The van der Waals surface area contributed by atoms with Crippen LogP contribution in [0.25, 0.3) is 0 Å². The van der Waals surface area contributed by atoms with E-state index in [0.29, 0.717) is 34.8 Å². The van der Waals surface area contributed by atoms with Gasteiger partial charge in [-0.25, -0.2) is 8.42 Å². The number of hydrogen-bond donors (Lipinski definition) is 1. The van der Waals surface area contributed by atoms with Gasteiger partial charge in [-0.3, -0.25) is 0 Å². The molecule has 0 bridgehead atoms. The molecule has 19 heavy (non-hydrogen) atoms. The lowest BCUT2D eigenvalue weighted by Crippen LogP contribution is -2.44. The molecule has 1 N–H and O–H groups in total. The molecule has 2 rings (SSSR count). The monoisotopic (exact) mass is 287 g/mol. The SMILES string of the molecule is CNC1CCC(C(C)(C)C)CC1C1CCS(=O)(=O)C1. The Bertz CT molecular complexity index is 410. The van der Waals surface area contributed by atoms with Gasteiger partial charge >= 0.3 is 0 Å². The van der Waals surface area contributed by atoms with Crippen LogP contribution in [0.5, 0.6) is 0 Å². The smallest absolute Gasteiger partial charge is 0.150 e. The van der Waals surface area contributed by atoms with Crippen molar-refractivity contribution in [1.29, 1.82) is 0 Å². The summed E-state index contributed by atoms with van der Waals surface area (Å²) in [7, 11) is -0.731. The second-order valence-corrected chi connectivity index (χ2v) is 9.83. The molecular weight excluding hydrogens is 258 g/mol. The summed E-state index contributed by atoms with van der Waals surface area (Å²) in [5.74, 6) is 2.48. The van der Waals surface area contributed by atoms with Crippen molar-refractivity contribution in [2.75, 3.05) is 18.6 Å². The van der Waals surface area contributed by atoms with Crippen LogP contribution in [0.15, 0.2) is 0 Å². The summed E-state index contributed by atoms with van der Waals surface area (Å²) >= 11 is 0. The van der Waals surface area contributed by atoms with Gasteiger partial charge in [-0.2, -0.15) is 0 Å². The Labute approximate surface area is 118 Å². The fourth-order valence-corrected chi connectivity index (χ4v) is 5.93. The summed E-state index contributed by atoms with van der Waals surface area (Å²) < 4.78 is 23.5. The second kappa shape index (κ2) is 5.36. The normalized spacial score (nSPS) is 39.4. The molecule has 4 heteroatoms.